The molecule has 0 spiro atoms. The number of nitrogens with zero attached hydrogens (tertiary/aromatic N) is 3. The van der Waals surface area contributed by atoms with Crippen LogP contribution in [0.15, 0.2) is 104 Å². The van der Waals surface area contributed by atoms with Gasteiger partial charge in [0.05, 0.1) is 28.2 Å². The topological polar surface area (TPSA) is 72.4 Å². The predicted molar refractivity (Wildman–Crippen MR) is 135 cm³/mol. The Morgan fingerprint density at radius 3 is 2.64 bits per heavy atom. The molecule has 6 nitrogen and oxygen atoms in total. The van der Waals surface area contributed by atoms with Gasteiger partial charge in [-0.25, -0.2) is 9.48 Å². The molecule has 0 saturated heterocycles. The monoisotopic (exact) mass is 518 g/mol. The Labute approximate surface area is 202 Å². The third-order valence-corrected chi connectivity index (χ3v) is 5.79. The zero-order valence-electron chi connectivity index (χ0n) is 17.1. The molecule has 0 radical (unpaired) electrons. The number of hydrazone groups is 1. The molecule has 1 N–H and O–H groups in total. The molecule has 2 aromatic heterocycles. The van der Waals surface area contributed by atoms with E-state index in [0.29, 0.717) is 33.1 Å². The summed E-state index contributed by atoms with van der Waals surface area (Å²) in [6, 6.07) is 24.2. The van der Waals surface area contributed by atoms with Gasteiger partial charge < -0.3 is 4.42 Å². The van der Waals surface area contributed by atoms with Crippen molar-refractivity contribution in [2.24, 2.45) is 5.10 Å². The lowest BCUT2D eigenvalue weighted by Crippen LogP contribution is -2.05. The normalized spacial score (nSPS) is 11.3. The van der Waals surface area contributed by atoms with Crippen LogP contribution in [0.1, 0.15) is 5.56 Å². The number of halogens is 2. The molecular weight excluding hydrogens is 504 g/mol. The minimum Gasteiger partial charge on any atom is -0.422 e. The molecule has 33 heavy (non-hydrogen) atoms. The van der Waals surface area contributed by atoms with E-state index in [1.165, 1.54) is 0 Å². The first-order valence-corrected chi connectivity index (χ1v) is 11.2. The van der Waals surface area contributed by atoms with Crippen molar-refractivity contribution >= 4 is 50.4 Å². The number of hydrogen-bond acceptors (Lipinski definition) is 5. The van der Waals surface area contributed by atoms with E-state index in [4.69, 9.17) is 16.0 Å². The highest BCUT2D eigenvalue weighted by Crippen LogP contribution is 2.26. The molecule has 0 fully saturated rings. The van der Waals surface area contributed by atoms with Crippen molar-refractivity contribution < 1.29 is 4.42 Å². The molecule has 0 unspecified atom stereocenters. The highest BCUT2D eigenvalue weighted by atomic mass is 79.9. The third-order valence-electron chi connectivity index (χ3n) is 4.98. The maximum atomic E-state index is 12.8. The third kappa shape index (κ3) is 4.46. The molecule has 5 rings (SSSR count). The highest BCUT2D eigenvalue weighted by Gasteiger charge is 2.16. The molecule has 0 aliphatic heterocycles. The van der Waals surface area contributed by atoms with Crippen molar-refractivity contribution in [3.63, 3.8) is 0 Å². The fourth-order valence-corrected chi connectivity index (χ4v) is 4.10. The molecule has 3 aromatic carbocycles. The number of aromatic nitrogens is 2. The van der Waals surface area contributed by atoms with Crippen LogP contribution >= 0.6 is 27.5 Å². The second kappa shape index (κ2) is 9.05. The van der Waals surface area contributed by atoms with Crippen LogP contribution in [-0.2, 0) is 0 Å². The average molecular weight is 520 g/mol. The fraction of sp³-hybridized carbons (Fsp3) is 0. The van der Waals surface area contributed by atoms with E-state index in [1.54, 1.807) is 29.1 Å². The Hall–Kier alpha value is -3.68. The molecule has 8 heteroatoms. The van der Waals surface area contributed by atoms with Gasteiger partial charge in [0, 0.05) is 21.6 Å². The van der Waals surface area contributed by atoms with Gasteiger partial charge in [0.25, 0.3) is 0 Å². The van der Waals surface area contributed by atoms with Crippen LogP contribution in [0.25, 0.3) is 27.9 Å². The van der Waals surface area contributed by atoms with Crippen molar-refractivity contribution in [2.75, 3.05) is 5.43 Å². The predicted octanol–water partition coefficient (Wildman–Crippen LogP) is 6.51. The first-order valence-electron chi connectivity index (χ1n) is 10.0. The van der Waals surface area contributed by atoms with Crippen LogP contribution in [0.2, 0.25) is 5.02 Å². The summed E-state index contributed by atoms with van der Waals surface area (Å²) in [5.41, 5.74) is 5.96. The van der Waals surface area contributed by atoms with Crippen LogP contribution in [-0.4, -0.2) is 16.0 Å². The van der Waals surface area contributed by atoms with Crippen molar-refractivity contribution in [3.8, 4) is 16.9 Å². The molecular formula is C25H16BrClN4O2. The number of rotatable bonds is 5. The van der Waals surface area contributed by atoms with Crippen molar-refractivity contribution in [1.82, 2.24) is 9.78 Å². The van der Waals surface area contributed by atoms with E-state index >= 15 is 0 Å². The van der Waals surface area contributed by atoms with Crippen molar-refractivity contribution in [1.29, 1.82) is 0 Å². The van der Waals surface area contributed by atoms with E-state index in [1.807, 2.05) is 66.9 Å². The van der Waals surface area contributed by atoms with Gasteiger partial charge in [-0.05, 0) is 42.5 Å². The largest absolute Gasteiger partial charge is 0.422 e. The maximum absolute atomic E-state index is 12.8. The molecule has 0 bridgehead atoms. The standard InChI is InChI=1S/C25H16BrClN4O2/c26-18-10-11-22(21(27)13-18)29-28-14-17-15-31(19-7-2-1-3-8-19)30-24(17)20-12-16-6-4-5-9-23(16)33-25(20)32/h1-15,29H. The van der Waals surface area contributed by atoms with Crippen LogP contribution in [0.5, 0.6) is 0 Å². The Morgan fingerprint density at radius 2 is 1.82 bits per heavy atom. The second-order valence-corrected chi connectivity index (χ2v) is 8.52. The quantitative estimate of drug-likeness (QED) is 0.163. The van der Waals surface area contributed by atoms with E-state index in [-0.39, 0.29) is 0 Å². The van der Waals surface area contributed by atoms with Gasteiger partial charge in [-0.1, -0.05) is 63.9 Å². The van der Waals surface area contributed by atoms with Gasteiger partial charge in [0.1, 0.15) is 11.3 Å². The molecule has 0 saturated carbocycles. The molecule has 0 aliphatic rings. The first kappa shape index (κ1) is 21.2. The molecule has 162 valence electrons. The van der Waals surface area contributed by atoms with Gasteiger partial charge in [0.2, 0.25) is 0 Å². The van der Waals surface area contributed by atoms with Crippen molar-refractivity contribution in [2.45, 2.75) is 0 Å². The minimum absolute atomic E-state index is 0.353. The summed E-state index contributed by atoms with van der Waals surface area (Å²) in [4.78, 5) is 12.8. The van der Waals surface area contributed by atoms with Crippen LogP contribution in [0.3, 0.4) is 0 Å². The number of anilines is 1. The van der Waals surface area contributed by atoms with E-state index < -0.39 is 5.63 Å². The molecule has 0 aliphatic carbocycles. The number of para-hydroxylation sites is 2. The number of nitrogens with one attached hydrogen (secondary N) is 1. The summed E-state index contributed by atoms with van der Waals surface area (Å²) >= 11 is 9.65. The van der Waals surface area contributed by atoms with Crippen molar-refractivity contribution in [3.05, 3.63) is 111 Å². The lowest BCUT2D eigenvalue weighted by atomic mass is 10.1. The Morgan fingerprint density at radius 1 is 1.03 bits per heavy atom. The summed E-state index contributed by atoms with van der Waals surface area (Å²) in [5.74, 6) is 0. The van der Waals surface area contributed by atoms with E-state index in [9.17, 15) is 4.79 Å². The number of benzene rings is 3. The van der Waals surface area contributed by atoms with Crippen LogP contribution in [0, 0.1) is 0 Å². The number of fused-ring (bicyclic) bond motifs is 1. The fourth-order valence-electron chi connectivity index (χ4n) is 3.38. The molecule has 0 atom stereocenters. The second-order valence-electron chi connectivity index (χ2n) is 7.19. The molecule has 2 heterocycles. The smallest absolute Gasteiger partial charge is 0.345 e. The SMILES string of the molecule is O=c1oc2ccccc2cc1-c1nn(-c2ccccc2)cc1C=NNc1ccc(Br)cc1Cl. The van der Waals surface area contributed by atoms with Gasteiger partial charge in [0.15, 0.2) is 0 Å². The van der Waals surface area contributed by atoms with Gasteiger partial charge in [-0.15, -0.1) is 0 Å². The average Bonchev–Trinajstić information content (AvgIpc) is 3.24. The summed E-state index contributed by atoms with van der Waals surface area (Å²) in [6.07, 6.45) is 3.42. The zero-order chi connectivity index (χ0) is 22.8. The maximum Gasteiger partial charge on any atom is 0.345 e. The first-order chi connectivity index (χ1) is 16.1. The van der Waals surface area contributed by atoms with Crippen LogP contribution < -0.4 is 11.1 Å². The lowest BCUT2D eigenvalue weighted by Gasteiger charge is -2.03. The van der Waals surface area contributed by atoms with E-state index in [0.717, 1.165) is 15.5 Å². The Balaban J connectivity index is 1.59. The molecule has 5 aromatic rings. The van der Waals surface area contributed by atoms with Gasteiger partial charge in [-0.2, -0.15) is 10.2 Å². The Kier molecular flexibility index (Phi) is 5.81. The highest BCUT2D eigenvalue weighted by molar-refractivity contribution is 9.10. The summed E-state index contributed by atoms with van der Waals surface area (Å²) < 4.78 is 8.11. The van der Waals surface area contributed by atoms with Crippen LogP contribution in [0.4, 0.5) is 5.69 Å². The number of hydrogen-bond donors (Lipinski definition) is 1. The lowest BCUT2D eigenvalue weighted by molar-refractivity contribution is 0.563. The summed E-state index contributed by atoms with van der Waals surface area (Å²) in [6.45, 7) is 0. The van der Waals surface area contributed by atoms with Gasteiger partial charge in [-0.3, -0.25) is 5.43 Å². The van der Waals surface area contributed by atoms with Gasteiger partial charge >= 0.3 is 5.63 Å². The summed E-state index contributed by atoms with van der Waals surface area (Å²) in [5, 5.41) is 10.3. The minimum atomic E-state index is -0.467. The molecule has 0 amide bonds. The Bertz CT molecular complexity index is 1540. The van der Waals surface area contributed by atoms with E-state index in [2.05, 4.69) is 31.6 Å². The zero-order valence-corrected chi connectivity index (χ0v) is 19.4. The summed E-state index contributed by atoms with van der Waals surface area (Å²) in [7, 11) is 0.